The Kier molecular flexibility index (Phi) is 3.01. The summed E-state index contributed by atoms with van der Waals surface area (Å²) in [5.41, 5.74) is 1.85. The van der Waals surface area contributed by atoms with Gasteiger partial charge in [0.15, 0.2) is 11.0 Å². The Morgan fingerprint density at radius 1 is 1.12 bits per heavy atom. The van der Waals surface area contributed by atoms with Gasteiger partial charge in [-0.1, -0.05) is 11.6 Å². The van der Waals surface area contributed by atoms with Crippen LogP contribution in [0.4, 0.5) is 5.82 Å². The molecule has 82 valence electrons. The lowest BCUT2D eigenvalue weighted by atomic mass is 10.1. The number of halogens is 1. The van der Waals surface area contributed by atoms with Crippen molar-refractivity contribution in [3.05, 3.63) is 35.7 Å². The first-order valence-electron chi connectivity index (χ1n) is 4.79. The lowest BCUT2D eigenvalue weighted by Gasteiger charge is -2.12. The van der Waals surface area contributed by atoms with Crippen LogP contribution in [-0.4, -0.2) is 29.3 Å². The predicted octanol–water partition coefficient (Wildman–Crippen LogP) is 2.26. The van der Waals surface area contributed by atoms with Crippen molar-refractivity contribution in [3.63, 3.8) is 0 Å². The van der Waals surface area contributed by atoms with Crippen LogP contribution in [0.3, 0.4) is 0 Å². The Labute approximate surface area is 98.9 Å². The molecule has 0 N–H and O–H groups in total. The van der Waals surface area contributed by atoms with Gasteiger partial charge in [0.05, 0.1) is 0 Å². The number of rotatable bonds is 2. The molecule has 2 rings (SSSR count). The van der Waals surface area contributed by atoms with Gasteiger partial charge < -0.3 is 4.90 Å². The molecule has 0 fully saturated rings. The van der Waals surface area contributed by atoms with Crippen LogP contribution in [0.25, 0.3) is 11.1 Å². The van der Waals surface area contributed by atoms with Crippen molar-refractivity contribution >= 4 is 17.4 Å². The van der Waals surface area contributed by atoms with E-state index in [0.717, 1.165) is 16.9 Å². The van der Waals surface area contributed by atoms with Crippen LogP contribution in [-0.2, 0) is 0 Å². The number of nitrogens with zero attached hydrogens (tertiary/aromatic N) is 4. The van der Waals surface area contributed by atoms with Crippen molar-refractivity contribution in [2.45, 2.75) is 0 Å². The maximum absolute atomic E-state index is 6.02. The van der Waals surface area contributed by atoms with Crippen molar-refractivity contribution in [3.8, 4) is 11.1 Å². The Morgan fingerprint density at radius 3 is 2.44 bits per heavy atom. The highest BCUT2D eigenvalue weighted by Crippen LogP contribution is 2.27. The molecule has 0 spiro atoms. The molecule has 2 aromatic heterocycles. The van der Waals surface area contributed by atoms with Crippen molar-refractivity contribution in [1.82, 2.24) is 15.2 Å². The van der Waals surface area contributed by atoms with Gasteiger partial charge in [-0.15, -0.1) is 10.2 Å². The van der Waals surface area contributed by atoms with E-state index in [4.69, 9.17) is 11.6 Å². The van der Waals surface area contributed by atoms with Crippen LogP contribution in [0.5, 0.6) is 0 Å². The zero-order chi connectivity index (χ0) is 11.5. The highest BCUT2D eigenvalue weighted by atomic mass is 35.5. The molecule has 4 nitrogen and oxygen atoms in total. The standard InChI is InChI=1S/C11H11ClN4/c1-16(2)10-7-9(11(12)15-14-10)8-3-5-13-6-4-8/h3-7H,1-2H3. The summed E-state index contributed by atoms with van der Waals surface area (Å²) in [5.74, 6) is 0.774. The average Bonchev–Trinajstić information content (AvgIpc) is 2.30. The number of anilines is 1. The third-order valence-electron chi connectivity index (χ3n) is 2.19. The van der Waals surface area contributed by atoms with E-state index in [1.54, 1.807) is 12.4 Å². The fourth-order valence-corrected chi connectivity index (χ4v) is 1.52. The van der Waals surface area contributed by atoms with Gasteiger partial charge in [-0.25, -0.2) is 0 Å². The Balaban J connectivity index is 2.52. The van der Waals surface area contributed by atoms with Gasteiger partial charge >= 0.3 is 0 Å². The van der Waals surface area contributed by atoms with E-state index >= 15 is 0 Å². The van der Waals surface area contributed by atoms with E-state index < -0.39 is 0 Å². The smallest absolute Gasteiger partial charge is 0.159 e. The number of hydrogen-bond donors (Lipinski definition) is 0. The van der Waals surface area contributed by atoms with Crippen LogP contribution in [0, 0.1) is 0 Å². The lowest BCUT2D eigenvalue weighted by Crippen LogP contribution is -2.11. The third-order valence-corrected chi connectivity index (χ3v) is 2.46. The Hall–Kier alpha value is -1.68. The SMILES string of the molecule is CN(C)c1cc(-c2ccncc2)c(Cl)nn1. The summed E-state index contributed by atoms with van der Waals surface area (Å²) < 4.78 is 0. The van der Waals surface area contributed by atoms with Crippen molar-refractivity contribution in [1.29, 1.82) is 0 Å². The summed E-state index contributed by atoms with van der Waals surface area (Å²) in [5, 5.41) is 8.32. The molecule has 0 unspecified atom stereocenters. The molecule has 0 atom stereocenters. The molecule has 0 aliphatic heterocycles. The Bertz CT molecular complexity index is 485. The number of aromatic nitrogens is 3. The van der Waals surface area contributed by atoms with E-state index in [9.17, 15) is 0 Å². The van der Waals surface area contributed by atoms with Gasteiger partial charge in [-0.2, -0.15) is 0 Å². The largest absolute Gasteiger partial charge is 0.361 e. The van der Waals surface area contributed by atoms with E-state index in [-0.39, 0.29) is 0 Å². The minimum atomic E-state index is 0.400. The molecule has 2 aromatic rings. The average molecular weight is 235 g/mol. The summed E-state index contributed by atoms with van der Waals surface area (Å²) >= 11 is 6.02. The summed E-state index contributed by atoms with van der Waals surface area (Å²) in [4.78, 5) is 5.85. The summed E-state index contributed by atoms with van der Waals surface area (Å²) in [7, 11) is 3.82. The Morgan fingerprint density at radius 2 is 1.81 bits per heavy atom. The monoisotopic (exact) mass is 234 g/mol. The molecule has 0 bridgehead atoms. The van der Waals surface area contributed by atoms with Crippen LogP contribution >= 0.6 is 11.6 Å². The molecule has 0 amide bonds. The van der Waals surface area contributed by atoms with Crippen LogP contribution in [0.1, 0.15) is 0 Å². The van der Waals surface area contributed by atoms with Crippen LogP contribution < -0.4 is 4.90 Å². The fourth-order valence-electron chi connectivity index (χ4n) is 1.32. The van der Waals surface area contributed by atoms with Gasteiger partial charge in [-0.3, -0.25) is 4.98 Å². The zero-order valence-corrected chi connectivity index (χ0v) is 9.81. The molecule has 0 aliphatic carbocycles. The number of hydrogen-bond acceptors (Lipinski definition) is 4. The van der Waals surface area contributed by atoms with Gasteiger partial charge in [0.2, 0.25) is 0 Å². The molecule has 16 heavy (non-hydrogen) atoms. The van der Waals surface area contributed by atoms with E-state index in [1.807, 2.05) is 37.2 Å². The molecule has 0 aromatic carbocycles. The maximum Gasteiger partial charge on any atom is 0.159 e. The second-order valence-corrected chi connectivity index (χ2v) is 3.90. The minimum absolute atomic E-state index is 0.400. The zero-order valence-electron chi connectivity index (χ0n) is 9.05. The van der Waals surface area contributed by atoms with E-state index in [2.05, 4.69) is 15.2 Å². The topological polar surface area (TPSA) is 41.9 Å². The van der Waals surface area contributed by atoms with Gasteiger partial charge in [-0.05, 0) is 23.8 Å². The quantitative estimate of drug-likeness (QED) is 0.799. The van der Waals surface area contributed by atoms with Crippen molar-refractivity contribution < 1.29 is 0 Å². The molecule has 2 heterocycles. The summed E-state index contributed by atoms with van der Waals surface area (Å²) in [6, 6.07) is 5.69. The van der Waals surface area contributed by atoms with Crippen LogP contribution in [0.15, 0.2) is 30.6 Å². The van der Waals surface area contributed by atoms with Crippen LogP contribution in [0.2, 0.25) is 5.15 Å². The van der Waals surface area contributed by atoms with Gasteiger partial charge in [0.25, 0.3) is 0 Å². The minimum Gasteiger partial charge on any atom is -0.361 e. The maximum atomic E-state index is 6.02. The molecule has 0 saturated heterocycles. The number of pyridine rings is 1. The van der Waals surface area contributed by atoms with E-state index in [1.165, 1.54) is 0 Å². The molecular formula is C11H11ClN4. The van der Waals surface area contributed by atoms with Crippen molar-refractivity contribution in [2.24, 2.45) is 0 Å². The van der Waals surface area contributed by atoms with E-state index in [0.29, 0.717) is 5.15 Å². The lowest BCUT2D eigenvalue weighted by molar-refractivity contribution is 0.966. The summed E-state index contributed by atoms with van der Waals surface area (Å²) in [6.45, 7) is 0. The molecule has 0 radical (unpaired) electrons. The summed E-state index contributed by atoms with van der Waals surface area (Å²) in [6.07, 6.45) is 3.45. The van der Waals surface area contributed by atoms with Gasteiger partial charge in [0.1, 0.15) is 0 Å². The third kappa shape index (κ3) is 2.12. The highest BCUT2D eigenvalue weighted by molar-refractivity contribution is 6.32. The first-order valence-corrected chi connectivity index (χ1v) is 5.17. The highest BCUT2D eigenvalue weighted by Gasteiger charge is 2.08. The fraction of sp³-hybridized carbons (Fsp3) is 0.182. The first kappa shape index (κ1) is 10.8. The normalized spacial score (nSPS) is 10.2. The second kappa shape index (κ2) is 4.45. The molecule has 0 saturated carbocycles. The van der Waals surface area contributed by atoms with Gasteiger partial charge in [0, 0.05) is 32.1 Å². The molecule has 5 heteroatoms. The second-order valence-electron chi connectivity index (χ2n) is 3.54. The first-order chi connectivity index (χ1) is 7.68. The van der Waals surface area contributed by atoms with Crippen molar-refractivity contribution in [2.75, 3.05) is 19.0 Å². The molecule has 0 aliphatic rings. The predicted molar refractivity (Wildman–Crippen MR) is 64.6 cm³/mol. The molecular weight excluding hydrogens is 224 g/mol.